The maximum absolute atomic E-state index is 5.51. The van der Waals surface area contributed by atoms with Crippen LogP contribution in [0.2, 0.25) is 0 Å². The molecule has 0 spiro atoms. The van der Waals surface area contributed by atoms with Gasteiger partial charge in [0.05, 0.1) is 19.8 Å². The molecule has 0 atom stereocenters. The SMILES string of the molecule is CCC1(OCCN)COC1. The van der Waals surface area contributed by atoms with Gasteiger partial charge in [-0.05, 0) is 6.42 Å². The fraction of sp³-hybridized carbons (Fsp3) is 1.00. The molecule has 1 saturated heterocycles. The number of hydrogen-bond acceptors (Lipinski definition) is 3. The summed E-state index contributed by atoms with van der Waals surface area (Å²) < 4.78 is 10.6. The van der Waals surface area contributed by atoms with E-state index in [2.05, 4.69) is 6.92 Å². The summed E-state index contributed by atoms with van der Waals surface area (Å²) in [6, 6.07) is 0. The van der Waals surface area contributed by atoms with Crippen molar-refractivity contribution >= 4 is 0 Å². The average molecular weight is 145 g/mol. The Kier molecular flexibility index (Phi) is 2.65. The van der Waals surface area contributed by atoms with E-state index in [0.29, 0.717) is 13.2 Å². The lowest BCUT2D eigenvalue weighted by atomic mass is 9.99. The minimum atomic E-state index is 0.0133. The fourth-order valence-electron chi connectivity index (χ4n) is 0.995. The lowest BCUT2D eigenvalue weighted by Crippen LogP contribution is -2.52. The maximum Gasteiger partial charge on any atom is 0.114 e. The van der Waals surface area contributed by atoms with E-state index in [1.54, 1.807) is 0 Å². The molecule has 0 aromatic rings. The minimum absolute atomic E-state index is 0.0133. The van der Waals surface area contributed by atoms with E-state index in [-0.39, 0.29) is 5.60 Å². The molecule has 0 saturated carbocycles. The third kappa shape index (κ3) is 1.48. The van der Waals surface area contributed by atoms with E-state index >= 15 is 0 Å². The number of hydrogen-bond donors (Lipinski definition) is 1. The first-order chi connectivity index (χ1) is 4.83. The van der Waals surface area contributed by atoms with E-state index in [1.165, 1.54) is 0 Å². The zero-order valence-corrected chi connectivity index (χ0v) is 6.43. The Morgan fingerprint density at radius 3 is 2.60 bits per heavy atom. The van der Waals surface area contributed by atoms with Crippen molar-refractivity contribution in [1.82, 2.24) is 0 Å². The smallest absolute Gasteiger partial charge is 0.114 e. The molecule has 10 heavy (non-hydrogen) atoms. The van der Waals surface area contributed by atoms with Gasteiger partial charge >= 0.3 is 0 Å². The molecule has 0 aromatic carbocycles. The van der Waals surface area contributed by atoms with Crippen molar-refractivity contribution in [3.63, 3.8) is 0 Å². The summed E-state index contributed by atoms with van der Waals surface area (Å²) in [5.41, 5.74) is 5.32. The molecule has 2 N–H and O–H groups in total. The monoisotopic (exact) mass is 145 g/mol. The first kappa shape index (κ1) is 7.98. The highest BCUT2D eigenvalue weighted by molar-refractivity contribution is 4.85. The Labute approximate surface area is 61.5 Å². The van der Waals surface area contributed by atoms with Gasteiger partial charge in [-0.15, -0.1) is 0 Å². The molecular formula is C7H15NO2. The second kappa shape index (κ2) is 3.32. The molecular weight excluding hydrogens is 130 g/mol. The Balaban J connectivity index is 2.20. The third-order valence-electron chi connectivity index (χ3n) is 1.90. The normalized spacial score (nSPS) is 22.2. The summed E-state index contributed by atoms with van der Waals surface area (Å²) in [5, 5.41) is 0. The maximum atomic E-state index is 5.51. The van der Waals surface area contributed by atoms with E-state index in [4.69, 9.17) is 15.2 Å². The summed E-state index contributed by atoms with van der Waals surface area (Å²) in [4.78, 5) is 0. The van der Waals surface area contributed by atoms with Crippen LogP contribution in [0.25, 0.3) is 0 Å². The lowest BCUT2D eigenvalue weighted by molar-refractivity contribution is -0.209. The van der Waals surface area contributed by atoms with Crippen molar-refractivity contribution in [1.29, 1.82) is 0 Å². The molecule has 1 rings (SSSR count). The molecule has 0 unspecified atom stereocenters. The molecule has 1 heterocycles. The molecule has 0 radical (unpaired) electrons. The van der Waals surface area contributed by atoms with Gasteiger partial charge in [-0.3, -0.25) is 0 Å². The van der Waals surface area contributed by atoms with Gasteiger partial charge < -0.3 is 15.2 Å². The zero-order chi connectivity index (χ0) is 7.45. The quantitative estimate of drug-likeness (QED) is 0.612. The minimum Gasteiger partial charge on any atom is -0.375 e. The molecule has 1 aliphatic heterocycles. The molecule has 0 aromatic heterocycles. The highest BCUT2D eigenvalue weighted by Gasteiger charge is 2.37. The van der Waals surface area contributed by atoms with E-state index in [9.17, 15) is 0 Å². The largest absolute Gasteiger partial charge is 0.375 e. The molecule has 3 nitrogen and oxygen atoms in total. The summed E-state index contributed by atoms with van der Waals surface area (Å²) in [6.45, 7) is 4.84. The summed E-state index contributed by atoms with van der Waals surface area (Å²) in [6.07, 6.45) is 1.02. The Morgan fingerprint density at radius 2 is 2.30 bits per heavy atom. The van der Waals surface area contributed by atoms with Crippen molar-refractivity contribution in [3.8, 4) is 0 Å². The van der Waals surface area contributed by atoms with Gasteiger partial charge in [0, 0.05) is 6.54 Å². The molecule has 0 amide bonds. The van der Waals surface area contributed by atoms with E-state index in [0.717, 1.165) is 19.6 Å². The van der Waals surface area contributed by atoms with Crippen LogP contribution in [0.15, 0.2) is 0 Å². The van der Waals surface area contributed by atoms with Gasteiger partial charge in [-0.2, -0.15) is 0 Å². The van der Waals surface area contributed by atoms with Gasteiger partial charge in [0.15, 0.2) is 0 Å². The summed E-state index contributed by atoms with van der Waals surface area (Å²) >= 11 is 0. The first-order valence-electron chi connectivity index (χ1n) is 3.75. The summed E-state index contributed by atoms with van der Waals surface area (Å²) in [7, 11) is 0. The average Bonchev–Trinajstić information content (AvgIpc) is 1.87. The Bertz CT molecular complexity index is 96.3. The predicted octanol–water partition coefficient (Wildman–Crippen LogP) is 0.141. The van der Waals surface area contributed by atoms with Crippen molar-refractivity contribution in [3.05, 3.63) is 0 Å². The molecule has 60 valence electrons. The topological polar surface area (TPSA) is 44.5 Å². The van der Waals surface area contributed by atoms with Crippen LogP contribution in [0.1, 0.15) is 13.3 Å². The van der Waals surface area contributed by atoms with Crippen LogP contribution in [0.4, 0.5) is 0 Å². The third-order valence-corrected chi connectivity index (χ3v) is 1.90. The van der Waals surface area contributed by atoms with E-state index in [1.807, 2.05) is 0 Å². The zero-order valence-electron chi connectivity index (χ0n) is 6.43. The molecule has 0 aliphatic carbocycles. The molecule has 0 bridgehead atoms. The van der Waals surface area contributed by atoms with Crippen molar-refractivity contribution < 1.29 is 9.47 Å². The van der Waals surface area contributed by atoms with Crippen LogP contribution in [0.3, 0.4) is 0 Å². The van der Waals surface area contributed by atoms with Gasteiger partial charge in [0.2, 0.25) is 0 Å². The highest BCUT2D eigenvalue weighted by Crippen LogP contribution is 2.24. The fourth-order valence-corrected chi connectivity index (χ4v) is 0.995. The highest BCUT2D eigenvalue weighted by atomic mass is 16.6. The second-order valence-electron chi connectivity index (χ2n) is 2.67. The van der Waals surface area contributed by atoms with Crippen LogP contribution in [0.5, 0.6) is 0 Å². The molecule has 1 fully saturated rings. The number of ether oxygens (including phenoxy) is 2. The first-order valence-corrected chi connectivity index (χ1v) is 3.75. The van der Waals surface area contributed by atoms with Crippen molar-refractivity contribution in [2.24, 2.45) is 5.73 Å². The van der Waals surface area contributed by atoms with Gasteiger partial charge in [0.1, 0.15) is 5.60 Å². The Morgan fingerprint density at radius 1 is 1.60 bits per heavy atom. The van der Waals surface area contributed by atoms with Gasteiger partial charge in [0.25, 0.3) is 0 Å². The van der Waals surface area contributed by atoms with Crippen molar-refractivity contribution in [2.75, 3.05) is 26.4 Å². The number of rotatable bonds is 4. The lowest BCUT2D eigenvalue weighted by Gasteiger charge is -2.40. The second-order valence-corrected chi connectivity index (χ2v) is 2.67. The molecule has 3 heteroatoms. The van der Waals surface area contributed by atoms with Gasteiger partial charge in [-0.1, -0.05) is 6.92 Å². The summed E-state index contributed by atoms with van der Waals surface area (Å²) in [5.74, 6) is 0. The van der Waals surface area contributed by atoms with Crippen LogP contribution >= 0.6 is 0 Å². The molecule has 1 aliphatic rings. The number of nitrogens with two attached hydrogens (primary N) is 1. The van der Waals surface area contributed by atoms with Crippen molar-refractivity contribution in [2.45, 2.75) is 18.9 Å². The van der Waals surface area contributed by atoms with Crippen LogP contribution in [0, 0.1) is 0 Å². The predicted molar refractivity (Wildman–Crippen MR) is 38.8 cm³/mol. The van der Waals surface area contributed by atoms with Crippen LogP contribution in [-0.4, -0.2) is 32.0 Å². The van der Waals surface area contributed by atoms with E-state index < -0.39 is 0 Å². The Hall–Kier alpha value is -0.120. The standard InChI is InChI=1S/C7H15NO2/c1-2-7(5-9-6-7)10-4-3-8/h2-6,8H2,1H3. The van der Waals surface area contributed by atoms with Gasteiger partial charge in [-0.25, -0.2) is 0 Å². The van der Waals surface area contributed by atoms with Crippen LogP contribution < -0.4 is 5.73 Å². The van der Waals surface area contributed by atoms with Crippen LogP contribution in [-0.2, 0) is 9.47 Å².